The first kappa shape index (κ1) is 13.9. The topological polar surface area (TPSA) is 24.9 Å². The molecule has 1 N–H and O–H groups in total. The molecule has 0 aliphatic rings. The zero-order chi connectivity index (χ0) is 14.0. The van der Waals surface area contributed by atoms with Gasteiger partial charge < -0.3 is 5.32 Å². The van der Waals surface area contributed by atoms with Gasteiger partial charge in [-0.1, -0.05) is 20.8 Å². The van der Waals surface area contributed by atoms with E-state index in [1.807, 2.05) is 5.38 Å². The van der Waals surface area contributed by atoms with Crippen molar-refractivity contribution in [2.45, 2.75) is 32.7 Å². The third kappa shape index (κ3) is 3.50. The molecule has 2 aromatic rings. The van der Waals surface area contributed by atoms with E-state index in [4.69, 9.17) is 0 Å². The second-order valence-corrected chi connectivity index (χ2v) is 6.23. The smallest absolute Gasteiger partial charge is 0.146 e. The highest BCUT2D eigenvalue weighted by Crippen LogP contribution is 2.26. The number of hydrogen-bond acceptors (Lipinski definition) is 3. The third-order valence-electron chi connectivity index (χ3n) is 2.58. The van der Waals surface area contributed by atoms with Crippen LogP contribution in [0.3, 0.4) is 0 Å². The maximum absolute atomic E-state index is 13.4. The van der Waals surface area contributed by atoms with E-state index >= 15 is 0 Å². The first-order valence-corrected chi connectivity index (χ1v) is 6.88. The van der Waals surface area contributed by atoms with Gasteiger partial charge in [0.1, 0.15) is 11.6 Å². The van der Waals surface area contributed by atoms with Gasteiger partial charge in [-0.3, -0.25) is 0 Å². The molecule has 5 heteroatoms. The summed E-state index contributed by atoms with van der Waals surface area (Å²) in [5, 5.41) is 5.83. The quantitative estimate of drug-likeness (QED) is 0.906. The Kier molecular flexibility index (Phi) is 3.85. The van der Waals surface area contributed by atoms with Crippen LogP contribution in [0, 0.1) is 11.6 Å². The molecule has 0 bridgehead atoms. The van der Waals surface area contributed by atoms with Gasteiger partial charge >= 0.3 is 0 Å². The summed E-state index contributed by atoms with van der Waals surface area (Å²) in [7, 11) is 0. The Morgan fingerprint density at radius 2 is 2.00 bits per heavy atom. The van der Waals surface area contributed by atoms with Crippen LogP contribution < -0.4 is 5.32 Å². The van der Waals surface area contributed by atoms with Crippen LogP contribution in [0.25, 0.3) is 0 Å². The van der Waals surface area contributed by atoms with Crippen LogP contribution in [0.2, 0.25) is 0 Å². The summed E-state index contributed by atoms with van der Waals surface area (Å²) in [5.74, 6) is -0.926. The lowest BCUT2D eigenvalue weighted by Gasteiger charge is -2.13. The van der Waals surface area contributed by atoms with Crippen molar-refractivity contribution < 1.29 is 8.78 Å². The average Bonchev–Trinajstić information content (AvgIpc) is 2.79. The Hall–Kier alpha value is -1.49. The second-order valence-electron chi connectivity index (χ2n) is 5.37. The van der Waals surface area contributed by atoms with Crippen molar-refractivity contribution in [3.05, 3.63) is 45.9 Å². The molecule has 0 fully saturated rings. The van der Waals surface area contributed by atoms with Crippen LogP contribution in [0.1, 0.15) is 31.5 Å². The molecule has 0 amide bonds. The molecule has 0 radical (unpaired) electrons. The van der Waals surface area contributed by atoms with Crippen molar-refractivity contribution in [1.82, 2.24) is 4.98 Å². The lowest BCUT2D eigenvalue weighted by atomic mass is 9.98. The number of rotatable bonds is 3. The van der Waals surface area contributed by atoms with Gasteiger partial charge in [-0.25, -0.2) is 13.8 Å². The van der Waals surface area contributed by atoms with Gasteiger partial charge in [0.25, 0.3) is 0 Å². The van der Waals surface area contributed by atoms with Crippen molar-refractivity contribution in [3.8, 4) is 0 Å². The molecule has 0 unspecified atom stereocenters. The Labute approximate surface area is 115 Å². The first-order chi connectivity index (χ1) is 8.86. The molecule has 0 aliphatic carbocycles. The molecule has 1 heterocycles. The molecule has 0 aliphatic heterocycles. The Morgan fingerprint density at radius 1 is 1.26 bits per heavy atom. The number of thiazole rings is 1. The molecule has 1 aromatic heterocycles. The van der Waals surface area contributed by atoms with E-state index in [-0.39, 0.29) is 11.1 Å². The molecule has 102 valence electrons. The van der Waals surface area contributed by atoms with Crippen molar-refractivity contribution >= 4 is 17.0 Å². The molecule has 1 aromatic carbocycles. The summed E-state index contributed by atoms with van der Waals surface area (Å²) >= 11 is 1.58. The maximum atomic E-state index is 13.4. The van der Waals surface area contributed by atoms with Gasteiger partial charge in [-0.15, -0.1) is 11.3 Å². The van der Waals surface area contributed by atoms with Crippen molar-refractivity contribution in [3.63, 3.8) is 0 Å². The average molecular weight is 282 g/mol. The van der Waals surface area contributed by atoms with Crippen molar-refractivity contribution in [2.75, 3.05) is 5.32 Å². The SMILES string of the molecule is CC(C)(C)c1nc(CNc2cc(F)ccc2F)cs1. The molecule has 0 saturated heterocycles. The number of aromatic nitrogens is 1. The van der Waals surface area contributed by atoms with E-state index < -0.39 is 11.6 Å². The number of halogens is 2. The van der Waals surface area contributed by atoms with Gasteiger partial charge in [0.15, 0.2) is 0 Å². The summed E-state index contributed by atoms with van der Waals surface area (Å²) in [4.78, 5) is 4.49. The summed E-state index contributed by atoms with van der Waals surface area (Å²) in [6, 6.07) is 3.35. The fraction of sp³-hybridized carbons (Fsp3) is 0.357. The molecule has 0 saturated carbocycles. The number of nitrogens with zero attached hydrogens (tertiary/aromatic N) is 1. The van der Waals surface area contributed by atoms with Crippen molar-refractivity contribution in [1.29, 1.82) is 0 Å². The summed E-state index contributed by atoms with van der Waals surface area (Å²) < 4.78 is 26.4. The van der Waals surface area contributed by atoms with Gasteiger partial charge in [0.2, 0.25) is 0 Å². The highest BCUT2D eigenvalue weighted by Gasteiger charge is 2.17. The zero-order valence-electron chi connectivity index (χ0n) is 11.1. The predicted octanol–water partition coefficient (Wildman–Crippen LogP) is 4.33. The standard InChI is InChI=1S/C14H16F2N2S/c1-14(2,3)13-18-10(8-19-13)7-17-12-6-9(15)4-5-11(12)16/h4-6,8,17H,7H2,1-3H3. The van der Waals surface area contributed by atoms with Crippen LogP contribution in [-0.2, 0) is 12.0 Å². The van der Waals surface area contributed by atoms with E-state index in [0.717, 1.165) is 28.9 Å². The molecular formula is C14H16F2N2S. The largest absolute Gasteiger partial charge is 0.377 e. The van der Waals surface area contributed by atoms with Gasteiger partial charge in [0, 0.05) is 10.8 Å². The minimum atomic E-state index is -0.465. The predicted molar refractivity (Wildman–Crippen MR) is 74.5 cm³/mol. The fourth-order valence-corrected chi connectivity index (χ4v) is 2.46. The second kappa shape index (κ2) is 5.25. The van der Waals surface area contributed by atoms with Gasteiger partial charge in [-0.05, 0) is 18.2 Å². The molecule has 0 spiro atoms. The lowest BCUT2D eigenvalue weighted by Crippen LogP contribution is -2.11. The number of hydrogen-bond donors (Lipinski definition) is 1. The monoisotopic (exact) mass is 282 g/mol. The van der Waals surface area contributed by atoms with Crippen LogP contribution in [0.4, 0.5) is 14.5 Å². The van der Waals surface area contributed by atoms with Crippen LogP contribution in [-0.4, -0.2) is 4.98 Å². The molecule has 0 atom stereocenters. The first-order valence-electron chi connectivity index (χ1n) is 6.00. The van der Waals surface area contributed by atoms with Gasteiger partial charge in [0.05, 0.1) is 22.9 Å². The summed E-state index contributed by atoms with van der Waals surface area (Å²) in [6.45, 7) is 6.66. The fourth-order valence-electron chi connectivity index (χ4n) is 1.55. The normalized spacial score (nSPS) is 11.6. The van der Waals surface area contributed by atoms with Crippen LogP contribution in [0.5, 0.6) is 0 Å². The van der Waals surface area contributed by atoms with E-state index in [0.29, 0.717) is 6.54 Å². The number of anilines is 1. The number of nitrogens with one attached hydrogen (secondary N) is 1. The Bertz CT molecular complexity index is 573. The minimum absolute atomic E-state index is 0.00697. The van der Waals surface area contributed by atoms with Crippen molar-refractivity contribution in [2.24, 2.45) is 0 Å². The van der Waals surface area contributed by atoms with Crippen LogP contribution in [0.15, 0.2) is 23.6 Å². The Morgan fingerprint density at radius 3 is 2.63 bits per heavy atom. The molecular weight excluding hydrogens is 266 g/mol. The van der Waals surface area contributed by atoms with E-state index in [1.165, 1.54) is 0 Å². The molecule has 19 heavy (non-hydrogen) atoms. The highest BCUT2D eigenvalue weighted by atomic mass is 32.1. The Balaban J connectivity index is 2.06. The van der Waals surface area contributed by atoms with E-state index in [1.54, 1.807) is 11.3 Å². The third-order valence-corrected chi connectivity index (χ3v) is 3.90. The molecule has 2 nitrogen and oxygen atoms in total. The maximum Gasteiger partial charge on any atom is 0.146 e. The lowest BCUT2D eigenvalue weighted by molar-refractivity contribution is 0.583. The van der Waals surface area contributed by atoms with Gasteiger partial charge in [-0.2, -0.15) is 0 Å². The number of benzene rings is 1. The zero-order valence-corrected chi connectivity index (χ0v) is 11.9. The van der Waals surface area contributed by atoms with E-state index in [2.05, 4.69) is 31.1 Å². The summed E-state index contributed by atoms with van der Waals surface area (Å²) in [6.07, 6.45) is 0. The minimum Gasteiger partial charge on any atom is -0.377 e. The molecule has 2 rings (SSSR count). The summed E-state index contributed by atoms with van der Waals surface area (Å²) in [5.41, 5.74) is 0.997. The van der Waals surface area contributed by atoms with Crippen LogP contribution >= 0.6 is 11.3 Å². The highest BCUT2D eigenvalue weighted by molar-refractivity contribution is 7.09. The van der Waals surface area contributed by atoms with E-state index in [9.17, 15) is 8.78 Å².